The van der Waals surface area contributed by atoms with E-state index in [1.54, 1.807) is 17.0 Å². The van der Waals surface area contributed by atoms with Gasteiger partial charge >= 0.3 is 0 Å². The van der Waals surface area contributed by atoms with Gasteiger partial charge in [0, 0.05) is 47.3 Å². The Morgan fingerprint density at radius 3 is 2.63 bits per heavy atom. The Morgan fingerprint density at radius 1 is 1.14 bits per heavy atom. The van der Waals surface area contributed by atoms with Crippen LogP contribution in [0.25, 0.3) is 17.0 Å². The molecule has 0 unspecified atom stereocenters. The molecule has 2 amide bonds. The molecule has 0 bridgehead atoms. The third-order valence-electron chi connectivity index (χ3n) is 6.03. The molecule has 3 aromatic rings. The smallest absolute Gasteiger partial charge is 0.266 e. The number of thioether (sulfide) groups is 1. The van der Waals surface area contributed by atoms with Gasteiger partial charge in [0.1, 0.15) is 6.54 Å². The fraction of sp³-hybridized carbons (Fsp3) is 0.269. The lowest BCUT2D eigenvalue weighted by atomic mass is 10.1. The number of aromatic nitrogens is 1. The minimum atomic E-state index is -0.0774. The zero-order chi connectivity index (χ0) is 24.4. The summed E-state index contributed by atoms with van der Waals surface area (Å²) in [5.74, 6) is -0.0134. The van der Waals surface area contributed by atoms with Crippen LogP contribution in [-0.4, -0.2) is 64.2 Å². The number of halogens is 1. The molecule has 2 aromatic carbocycles. The number of hydrogen-bond acceptors (Lipinski definition) is 5. The van der Waals surface area contributed by atoms with E-state index >= 15 is 0 Å². The van der Waals surface area contributed by atoms with Crippen molar-refractivity contribution in [2.24, 2.45) is 4.99 Å². The minimum Gasteiger partial charge on any atom is -0.378 e. The van der Waals surface area contributed by atoms with Gasteiger partial charge in [-0.2, -0.15) is 0 Å². The van der Waals surface area contributed by atoms with Crippen LogP contribution in [0.1, 0.15) is 12.5 Å². The molecule has 0 atom stereocenters. The third-order valence-corrected chi connectivity index (χ3v) is 7.29. The Hall–Kier alpha value is -3.07. The number of para-hydroxylation sites is 1. The molecule has 1 aromatic heterocycles. The van der Waals surface area contributed by atoms with Gasteiger partial charge in [0.05, 0.1) is 23.8 Å². The van der Waals surface area contributed by atoms with Crippen molar-refractivity contribution in [1.29, 1.82) is 0 Å². The Morgan fingerprint density at radius 2 is 1.89 bits per heavy atom. The summed E-state index contributed by atoms with van der Waals surface area (Å²) in [6.45, 7) is 5.07. The largest absolute Gasteiger partial charge is 0.378 e. The van der Waals surface area contributed by atoms with E-state index in [1.807, 2.05) is 65.1 Å². The molecule has 2 aliphatic heterocycles. The first-order valence-corrected chi connectivity index (χ1v) is 12.7. The number of aliphatic imine (C=N–C) groups is 1. The average Bonchev–Trinajstić information content (AvgIpc) is 3.37. The van der Waals surface area contributed by atoms with Crippen LogP contribution < -0.4 is 0 Å². The van der Waals surface area contributed by atoms with Crippen molar-refractivity contribution in [3.05, 3.63) is 70.2 Å². The second-order valence-electron chi connectivity index (χ2n) is 8.25. The van der Waals surface area contributed by atoms with Crippen LogP contribution in [0.3, 0.4) is 0 Å². The van der Waals surface area contributed by atoms with Gasteiger partial charge in [-0.15, -0.1) is 0 Å². The van der Waals surface area contributed by atoms with Crippen molar-refractivity contribution < 1.29 is 14.3 Å². The Labute approximate surface area is 213 Å². The summed E-state index contributed by atoms with van der Waals surface area (Å²) >= 11 is 7.34. The molecule has 5 rings (SSSR count). The van der Waals surface area contributed by atoms with Gasteiger partial charge in [-0.1, -0.05) is 29.8 Å². The number of nitrogens with zero attached hydrogens (tertiary/aromatic N) is 4. The quantitative estimate of drug-likeness (QED) is 0.465. The lowest BCUT2D eigenvalue weighted by molar-refractivity contribution is -0.135. The van der Waals surface area contributed by atoms with Crippen LogP contribution in [0.2, 0.25) is 5.02 Å². The van der Waals surface area contributed by atoms with E-state index in [-0.39, 0.29) is 18.4 Å². The summed E-state index contributed by atoms with van der Waals surface area (Å²) in [6.07, 6.45) is 3.85. The van der Waals surface area contributed by atoms with E-state index < -0.39 is 0 Å². The van der Waals surface area contributed by atoms with Crippen LogP contribution in [0.4, 0.5) is 5.69 Å². The number of morpholine rings is 1. The lowest BCUT2D eigenvalue weighted by Crippen LogP contribution is -2.42. The van der Waals surface area contributed by atoms with E-state index in [2.05, 4.69) is 4.99 Å². The summed E-state index contributed by atoms with van der Waals surface area (Å²) in [4.78, 5) is 34.8. The normalized spacial score (nSPS) is 18.9. The molecule has 180 valence electrons. The highest BCUT2D eigenvalue weighted by molar-refractivity contribution is 8.18. The van der Waals surface area contributed by atoms with Gasteiger partial charge in [-0.05, 0) is 55.1 Å². The number of likely N-dealkylation sites (N-methyl/N-ethyl adjacent to an activating group) is 1. The maximum absolute atomic E-state index is 13.2. The number of carbonyl (C=O) groups excluding carboxylic acids is 2. The van der Waals surface area contributed by atoms with Crippen LogP contribution in [0.15, 0.2) is 64.6 Å². The maximum atomic E-state index is 13.2. The average molecular weight is 509 g/mol. The number of amides is 2. The third kappa shape index (κ3) is 5.00. The molecule has 7 nitrogen and oxygen atoms in total. The lowest BCUT2D eigenvalue weighted by Gasteiger charge is -2.27. The van der Waals surface area contributed by atoms with E-state index in [9.17, 15) is 9.59 Å². The number of rotatable bonds is 5. The summed E-state index contributed by atoms with van der Waals surface area (Å²) in [5.41, 5.74) is 2.59. The molecule has 2 saturated heterocycles. The molecule has 35 heavy (non-hydrogen) atoms. The Kier molecular flexibility index (Phi) is 6.95. The highest BCUT2D eigenvalue weighted by Gasteiger charge is 2.32. The second kappa shape index (κ2) is 10.3. The molecule has 0 aliphatic carbocycles. The van der Waals surface area contributed by atoms with Gasteiger partial charge in [-0.3, -0.25) is 14.5 Å². The summed E-state index contributed by atoms with van der Waals surface area (Å²) in [7, 11) is 0. The number of fused-ring (bicyclic) bond motifs is 1. The fourth-order valence-electron chi connectivity index (χ4n) is 4.22. The molecular formula is C26H25ClN4O3S. The summed E-state index contributed by atoms with van der Waals surface area (Å²) in [5, 5.41) is 2.27. The van der Waals surface area contributed by atoms with Crippen molar-refractivity contribution in [2.75, 3.05) is 32.8 Å². The zero-order valence-corrected chi connectivity index (χ0v) is 20.9. The van der Waals surface area contributed by atoms with Crippen LogP contribution >= 0.6 is 23.4 Å². The Balaban J connectivity index is 1.45. The monoisotopic (exact) mass is 508 g/mol. The van der Waals surface area contributed by atoms with Crippen molar-refractivity contribution in [3.8, 4) is 0 Å². The molecule has 2 fully saturated rings. The topological polar surface area (TPSA) is 67.1 Å². The standard InChI is InChI=1S/C26H25ClN4O3S/c1-2-31-25(33)23(35-26(31)28-20-9-7-19(27)8-10-20)15-18-16-30(22-6-4-3-5-21(18)22)17-24(32)29-11-13-34-14-12-29/h3-10,15-16H,2,11-14,17H2,1H3/b23-15-,28-26?. The predicted molar refractivity (Wildman–Crippen MR) is 141 cm³/mol. The molecule has 3 heterocycles. The van der Waals surface area contributed by atoms with Gasteiger partial charge in [0.2, 0.25) is 5.91 Å². The van der Waals surface area contributed by atoms with E-state index in [1.165, 1.54) is 11.8 Å². The van der Waals surface area contributed by atoms with Gasteiger partial charge in [0.15, 0.2) is 5.17 Å². The first-order valence-electron chi connectivity index (χ1n) is 11.5. The highest BCUT2D eigenvalue weighted by atomic mass is 35.5. The van der Waals surface area contributed by atoms with Gasteiger partial charge in [0.25, 0.3) is 5.91 Å². The molecule has 0 saturated carbocycles. The van der Waals surface area contributed by atoms with Crippen molar-refractivity contribution in [2.45, 2.75) is 13.5 Å². The van der Waals surface area contributed by atoms with Gasteiger partial charge < -0.3 is 14.2 Å². The SMILES string of the molecule is CCN1C(=O)/C(=C/c2cn(CC(=O)N3CCOCC3)c3ccccc23)SC1=Nc1ccc(Cl)cc1. The number of hydrogen-bond donors (Lipinski definition) is 0. The molecular weight excluding hydrogens is 484 g/mol. The minimum absolute atomic E-state index is 0.0640. The molecule has 2 aliphatic rings. The molecule has 0 spiro atoms. The van der Waals surface area contributed by atoms with E-state index in [0.717, 1.165) is 22.2 Å². The molecule has 9 heteroatoms. The summed E-state index contributed by atoms with van der Waals surface area (Å²) in [6, 6.07) is 15.2. The maximum Gasteiger partial charge on any atom is 0.266 e. The number of ether oxygens (including phenoxy) is 1. The molecule has 0 radical (unpaired) electrons. The predicted octanol–water partition coefficient (Wildman–Crippen LogP) is 4.78. The van der Waals surface area contributed by atoms with Crippen LogP contribution in [0.5, 0.6) is 0 Å². The van der Waals surface area contributed by atoms with Crippen molar-refractivity contribution in [3.63, 3.8) is 0 Å². The van der Waals surface area contributed by atoms with Crippen molar-refractivity contribution >= 4 is 63.0 Å². The van der Waals surface area contributed by atoms with Gasteiger partial charge in [-0.25, -0.2) is 4.99 Å². The Bertz CT molecular complexity index is 1330. The number of amidine groups is 1. The van der Waals surface area contributed by atoms with Crippen LogP contribution in [-0.2, 0) is 20.9 Å². The van der Waals surface area contributed by atoms with E-state index in [4.69, 9.17) is 16.3 Å². The first-order chi connectivity index (χ1) is 17.0. The van der Waals surface area contributed by atoms with Crippen molar-refractivity contribution in [1.82, 2.24) is 14.4 Å². The summed E-state index contributed by atoms with van der Waals surface area (Å²) < 4.78 is 7.33. The number of carbonyl (C=O) groups is 2. The fourth-order valence-corrected chi connectivity index (χ4v) is 5.40. The van der Waals surface area contributed by atoms with E-state index in [0.29, 0.717) is 47.9 Å². The number of benzene rings is 2. The van der Waals surface area contributed by atoms with Crippen LogP contribution in [0, 0.1) is 0 Å². The molecule has 0 N–H and O–H groups in total. The second-order valence-corrected chi connectivity index (χ2v) is 9.70. The highest BCUT2D eigenvalue weighted by Crippen LogP contribution is 2.35. The first kappa shape index (κ1) is 23.7. The zero-order valence-electron chi connectivity index (χ0n) is 19.3.